The predicted octanol–water partition coefficient (Wildman–Crippen LogP) is 2.24. The van der Waals surface area contributed by atoms with Crippen LogP contribution in [-0.4, -0.2) is 74.1 Å². The molecule has 126 valence electrons. The Morgan fingerprint density at radius 2 is 1.59 bits per heavy atom. The molecule has 2 aliphatic carbocycles. The van der Waals surface area contributed by atoms with Gasteiger partial charge in [0.05, 0.1) is 0 Å². The quantitative estimate of drug-likeness (QED) is 0.745. The van der Waals surface area contributed by atoms with E-state index < -0.39 is 0 Å². The van der Waals surface area contributed by atoms with Gasteiger partial charge in [-0.25, -0.2) is 0 Å². The Kier molecular flexibility index (Phi) is 4.03. The van der Waals surface area contributed by atoms with Crippen LogP contribution in [0, 0.1) is 29.1 Å². The summed E-state index contributed by atoms with van der Waals surface area (Å²) >= 11 is 0. The summed E-state index contributed by atoms with van der Waals surface area (Å²) in [6.45, 7) is 15.6. The van der Waals surface area contributed by atoms with Crippen LogP contribution in [0.25, 0.3) is 0 Å². The zero-order valence-electron chi connectivity index (χ0n) is 14.9. The van der Waals surface area contributed by atoms with Crippen LogP contribution < -0.4 is 0 Å². The van der Waals surface area contributed by atoms with Crippen molar-refractivity contribution >= 4 is 0 Å². The predicted molar refractivity (Wildman–Crippen MR) is 92.0 cm³/mol. The fourth-order valence-electron chi connectivity index (χ4n) is 5.41. The number of piperazine rings is 1. The van der Waals surface area contributed by atoms with E-state index in [1.165, 1.54) is 71.6 Å². The molecule has 0 aromatic heterocycles. The second-order valence-corrected chi connectivity index (χ2v) is 9.39. The van der Waals surface area contributed by atoms with E-state index in [0.29, 0.717) is 0 Å². The topological polar surface area (TPSA) is 9.72 Å². The minimum absolute atomic E-state index is 0.734. The molecule has 4 fully saturated rings. The molecule has 0 N–H and O–H groups in total. The number of likely N-dealkylation sites (tertiary alicyclic amines) is 1. The molecule has 0 aromatic carbocycles. The summed E-state index contributed by atoms with van der Waals surface area (Å²) in [5.74, 6) is 4.02. The molecule has 3 atom stereocenters. The van der Waals surface area contributed by atoms with Gasteiger partial charge in [-0.05, 0) is 55.4 Å². The van der Waals surface area contributed by atoms with Gasteiger partial charge >= 0.3 is 0 Å². The maximum atomic E-state index is 2.82. The molecular weight excluding hydrogens is 270 g/mol. The monoisotopic (exact) mass is 305 g/mol. The first-order valence-electron chi connectivity index (χ1n) is 9.68. The van der Waals surface area contributed by atoms with E-state index in [2.05, 4.69) is 35.6 Å². The van der Waals surface area contributed by atoms with E-state index in [9.17, 15) is 0 Å². The fraction of sp³-hybridized carbons (Fsp3) is 1.00. The SMILES string of the molecule is CC(C)CC1(CN2C[C@@H]3[C@H](CN4CCN(C)CC4)[C@@H]3C2)CC1. The second-order valence-electron chi connectivity index (χ2n) is 9.39. The number of rotatable bonds is 6. The Labute approximate surface area is 137 Å². The van der Waals surface area contributed by atoms with Gasteiger partial charge in [-0.2, -0.15) is 0 Å². The van der Waals surface area contributed by atoms with Gasteiger partial charge < -0.3 is 14.7 Å². The number of hydrogen-bond acceptors (Lipinski definition) is 3. The maximum absolute atomic E-state index is 2.82. The highest BCUT2D eigenvalue weighted by molar-refractivity contribution is 5.08. The van der Waals surface area contributed by atoms with Crippen LogP contribution >= 0.6 is 0 Å². The van der Waals surface area contributed by atoms with Crippen molar-refractivity contribution in [1.82, 2.24) is 14.7 Å². The van der Waals surface area contributed by atoms with Gasteiger partial charge in [0, 0.05) is 52.4 Å². The highest BCUT2D eigenvalue weighted by Gasteiger charge is 2.57. The van der Waals surface area contributed by atoms with Gasteiger partial charge in [0.2, 0.25) is 0 Å². The number of fused-ring (bicyclic) bond motifs is 1. The lowest BCUT2D eigenvalue weighted by Crippen LogP contribution is -2.45. The highest BCUT2D eigenvalue weighted by Crippen LogP contribution is 2.56. The van der Waals surface area contributed by atoms with Crippen molar-refractivity contribution in [3.63, 3.8) is 0 Å². The van der Waals surface area contributed by atoms with E-state index in [4.69, 9.17) is 0 Å². The van der Waals surface area contributed by atoms with Crippen molar-refractivity contribution in [1.29, 1.82) is 0 Å². The highest BCUT2D eigenvalue weighted by atomic mass is 15.3. The zero-order valence-corrected chi connectivity index (χ0v) is 14.9. The summed E-state index contributed by atoms with van der Waals surface area (Å²) in [6.07, 6.45) is 4.47. The Morgan fingerprint density at radius 3 is 2.14 bits per heavy atom. The number of nitrogens with zero attached hydrogens (tertiary/aromatic N) is 3. The minimum atomic E-state index is 0.734. The molecular formula is C19H35N3. The molecule has 0 unspecified atom stereocenters. The van der Waals surface area contributed by atoms with Crippen LogP contribution in [0.4, 0.5) is 0 Å². The third-order valence-electron chi connectivity index (χ3n) is 6.87. The Hall–Kier alpha value is -0.120. The summed E-state index contributed by atoms with van der Waals surface area (Å²) in [5, 5.41) is 0. The van der Waals surface area contributed by atoms with E-state index in [1.807, 2.05) is 0 Å². The van der Waals surface area contributed by atoms with Gasteiger partial charge in [0.1, 0.15) is 0 Å². The summed E-state index contributed by atoms with van der Waals surface area (Å²) in [7, 11) is 2.26. The normalized spacial score (nSPS) is 38.5. The Bertz CT molecular complexity index is 383. The fourth-order valence-corrected chi connectivity index (χ4v) is 5.41. The van der Waals surface area contributed by atoms with Crippen LogP contribution in [0.2, 0.25) is 0 Å². The van der Waals surface area contributed by atoms with Crippen LogP contribution in [0.5, 0.6) is 0 Å². The molecule has 0 aromatic rings. The van der Waals surface area contributed by atoms with Crippen molar-refractivity contribution < 1.29 is 0 Å². The molecule has 0 amide bonds. The van der Waals surface area contributed by atoms with Gasteiger partial charge in [-0.15, -0.1) is 0 Å². The van der Waals surface area contributed by atoms with Gasteiger partial charge in [0.15, 0.2) is 0 Å². The molecule has 0 bridgehead atoms. The molecule has 2 heterocycles. The minimum Gasteiger partial charge on any atom is -0.304 e. The van der Waals surface area contributed by atoms with E-state index in [-0.39, 0.29) is 0 Å². The van der Waals surface area contributed by atoms with Crippen LogP contribution in [-0.2, 0) is 0 Å². The standard InChI is InChI=1S/C19H35N3/c1-15(2)10-19(4-5-19)14-22-12-17-16(18(17)13-22)11-21-8-6-20(3)7-9-21/h15-18H,4-14H2,1-3H3/t16-,17+,18-. The third kappa shape index (κ3) is 3.22. The lowest BCUT2D eigenvalue weighted by molar-refractivity contribution is 0.137. The molecule has 2 saturated carbocycles. The van der Waals surface area contributed by atoms with Gasteiger partial charge in [0.25, 0.3) is 0 Å². The number of hydrogen-bond donors (Lipinski definition) is 0. The average Bonchev–Trinajstić information content (AvgIpc) is 3.29. The van der Waals surface area contributed by atoms with Crippen molar-refractivity contribution in [2.24, 2.45) is 29.1 Å². The summed E-state index contributed by atoms with van der Waals surface area (Å²) in [4.78, 5) is 8.02. The number of piperidine rings is 1. The first kappa shape index (κ1) is 15.4. The van der Waals surface area contributed by atoms with Gasteiger partial charge in [-0.1, -0.05) is 13.8 Å². The molecule has 0 radical (unpaired) electrons. The summed E-state index contributed by atoms with van der Waals surface area (Å²) in [5.41, 5.74) is 0.734. The van der Waals surface area contributed by atoms with Crippen molar-refractivity contribution in [2.75, 3.05) is 59.4 Å². The molecule has 4 aliphatic rings. The first-order chi connectivity index (χ1) is 10.5. The van der Waals surface area contributed by atoms with E-state index in [0.717, 1.165) is 29.1 Å². The molecule has 3 nitrogen and oxygen atoms in total. The molecule has 0 spiro atoms. The molecule has 3 heteroatoms. The Balaban J connectivity index is 1.19. The van der Waals surface area contributed by atoms with Gasteiger partial charge in [-0.3, -0.25) is 0 Å². The molecule has 2 aliphatic heterocycles. The second kappa shape index (κ2) is 5.75. The molecule has 22 heavy (non-hydrogen) atoms. The first-order valence-corrected chi connectivity index (χ1v) is 9.68. The lowest BCUT2D eigenvalue weighted by atomic mass is 9.93. The Morgan fingerprint density at radius 1 is 0.955 bits per heavy atom. The van der Waals surface area contributed by atoms with Crippen LogP contribution in [0.1, 0.15) is 33.1 Å². The molecule has 4 rings (SSSR count). The summed E-state index contributed by atoms with van der Waals surface area (Å²) in [6, 6.07) is 0. The smallest absolute Gasteiger partial charge is 0.0110 e. The largest absolute Gasteiger partial charge is 0.304 e. The summed E-state index contributed by atoms with van der Waals surface area (Å²) < 4.78 is 0. The average molecular weight is 306 g/mol. The lowest BCUT2D eigenvalue weighted by Gasteiger charge is -2.33. The molecule has 2 saturated heterocycles. The van der Waals surface area contributed by atoms with E-state index >= 15 is 0 Å². The van der Waals surface area contributed by atoms with Crippen LogP contribution in [0.3, 0.4) is 0 Å². The maximum Gasteiger partial charge on any atom is 0.0110 e. The third-order valence-corrected chi connectivity index (χ3v) is 6.87. The van der Waals surface area contributed by atoms with Crippen molar-refractivity contribution in [3.8, 4) is 0 Å². The van der Waals surface area contributed by atoms with Crippen molar-refractivity contribution in [3.05, 3.63) is 0 Å². The number of likely N-dealkylation sites (N-methyl/N-ethyl adjacent to an activating group) is 1. The van der Waals surface area contributed by atoms with Crippen molar-refractivity contribution in [2.45, 2.75) is 33.1 Å². The zero-order chi connectivity index (χ0) is 15.3. The van der Waals surface area contributed by atoms with Crippen LogP contribution in [0.15, 0.2) is 0 Å². The van der Waals surface area contributed by atoms with E-state index in [1.54, 1.807) is 0 Å².